The minimum Gasteiger partial charge on any atom is -0.477 e. The standard InChI is InChI=1S/C85H147N3O39/c1-6-8-10-12-14-16-18-20-21-23-25-27-29-31-33-35-60(103)88-50(51(98)34-32-30-28-26-24-22-19-17-15-13-11-9-7-2)45-116-79-68(109)67(108)72(58(43-93)119-79)122-81-70(111)77(127-85(83(114)115)38-53(100)62(87-48(5)97)75(125-85)64(105)55(102)40-90)73(59(44-94)120-81)123-78-49(36-46(3)95)71(65(106)56(41-91)117-78)121-80-69(110)76(66(107)57(42-92)118-80)126-84(82(112)113)37-52(99)61(86-47(4)96)74(124-84)63(104)54(101)39-89/h16,18,32,34,49-59,61-81,89-94,98-102,104-111H,6-15,17,19-31,33,35-45H2,1-5H3,(H,86,96)(H,87,97)(H,88,103)(H,112,113)(H,114,115)/b18-16-,34-32+/t49-,50+,51-,52+,53+,54-,55-,56-,57-,58-,59-,61-,62-,63-,64-,65+,66+,67-,68-,69-,70-,71-,72-,73+,74?,75?,76+,77-,78+,79-,80+,81+,84+,85+/m1/s1. The number of aliphatic hydroxyl groups is 19. The molecule has 24 N–H and O–H groups in total. The maximum atomic E-state index is 14.1. The average Bonchev–Trinajstić information content (AvgIpc) is 0.752. The summed E-state index contributed by atoms with van der Waals surface area (Å²) in [5, 5.41) is 245. The van der Waals surface area contributed by atoms with E-state index in [4.69, 9.17) is 56.8 Å². The maximum Gasteiger partial charge on any atom is 0.364 e. The van der Waals surface area contributed by atoms with E-state index in [-0.39, 0.29) is 6.42 Å². The van der Waals surface area contributed by atoms with Crippen molar-refractivity contribution < 1.29 is 193 Å². The van der Waals surface area contributed by atoms with Crippen LogP contribution in [0.1, 0.15) is 221 Å². The number of unbranched alkanes of at least 4 members (excludes halogenated alkanes) is 22. The SMILES string of the molecule is CCCCCC/C=C\CCCCCCCCCC(=O)N[C@@H](CO[C@@H]1O[C@H](CO)[C@@H](O[C@@H]2O[C@H](CO)[C@H](O[C@@H]3O[C@H](CO)[C@H](O)[C@H](O[C@@H]4O[C@H](CO)[C@H](O)[C@H](O[C@]5(C(=O)O)C[C@H](O)[C@@H](NC(C)=O)C([C@H](O)[C@H](O)CO)O5)[C@H]4O)[C@H]3CC(C)=O)[C@H](O[C@]3(C(=O)O)C[C@H](O)[C@@H](NC(C)=O)C([C@H](O)[C@H](O)CO)O3)[C@H]2O)[C@H](O)[C@H]1O)[C@H](O)/C=C/CCCCCCCCCCCCC. The van der Waals surface area contributed by atoms with Gasteiger partial charge in [0, 0.05) is 45.4 Å². The van der Waals surface area contributed by atoms with Gasteiger partial charge in [-0.25, -0.2) is 9.59 Å². The third-order valence-corrected chi connectivity index (χ3v) is 24.0. The molecule has 6 rings (SSSR count). The highest BCUT2D eigenvalue weighted by Gasteiger charge is 2.64. The van der Waals surface area contributed by atoms with Crippen LogP contribution in [0.2, 0.25) is 0 Å². The lowest BCUT2D eigenvalue weighted by Gasteiger charge is -2.53. The Morgan fingerprint density at radius 3 is 1.27 bits per heavy atom. The lowest BCUT2D eigenvalue weighted by atomic mass is 9.86. The first-order chi connectivity index (χ1) is 60.6. The lowest BCUT2D eigenvalue weighted by molar-refractivity contribution is -0.408. The minimum atomic E-state index is -3.49. The van der Waals surface area contributed by atoms with Crippen molar-refractivity contribution in [1.82, 2.24) is 16.0 Å². The van der Waals surface area contributed by atoms with E-state index in [0.717, 1.165) is 104 Å². The van der Waals surface area contributed by atoms with E-state index >= 15 is 0 Å². The van der Waals surface area contributed by atoms with E-state index in [1.807, 2.05) is 0 Å². The molecule has 42 heteroatoms. The molecule has 0 aromatic heterocycles. The molecular formula is C85H147N3O39. The molecule has 6 aliphatic heterocycles. The fraction of sp³-hybridized carbons (Fsp3) is 0.882. The van der Waals surface area contributed by atoms with E-state index in [2.05, 4.69) is 41.9 Å². The molecule has 0 bridgehead atoms. The van der Waals surface area contributed by atoms with Crippen LogP contribution in [-0.4, -0.2) is 390 Å². The van der Waals surface area contributed by atoms with Crippen LogP contribution in [0.15, 0.2) is 24.3 Å². The average molecular weight is 1840 g/mol. The fourth-order valence-corrected chi connectivity index (χ4v) is 16.9. The summed E-state index contributed by atoms with van der Waals surface area (Å²) < 4.78 is 72.7. The van der Waals surface area contributed by atoms with Crippen LogP contribution < -0.4 is 16.0 Å². The number of hydrogen-bond donors (Lipinski definition) is 24. The molecule has 6 aliphatic rings. The summed E-state index contributed by atoms with van der Waals surface area (Å²) >= 11 is 0. The van der Waals surface area contributed by atoms with Gasteiger partial charge in [-0.1, -0.05) is 154 Å². The number of carboxylic acids is 2. The van der Waals surface area contributed by atoms with Gasteiger partial charge in [0.2, 0.25) is 17.7 Å². The number of ketones is 1. The fourth-order valence-electron chi connectivity index (χ4n) is 16.9. The molecule has 6 saturated heterocycles. The number of allylic oxidation sites excluding steroid dienone is 3. The Labute approximate surface area is 740 Å². The number of rotatable bonds is 59. The van der Waals surface area contributed by atoms with E-state index in [1.165, 1.54) is 70.3 Å². The third-order valence-electron chi connectivity index (χ3n) is 24.0. The number of aliphatic carboxylic acids is 2. The summed E-state index contributed by atoms with van der Waals surface area (Å²) in [6.45, 7) is -0.664. The van der Waals surface area contributed by atoms with E-state index in [1.54, 1.807) is 6.08 Å². The number of ether oxygens (including phenoxy) is 12. The molecule has 34 atom stereocenters. The molecular weight excluding hydrogens is 1690 g/mol. The van der Waals surface area contributed by atoms with Gasteiger partial charge >= 0.3 is 11.9 Å². The Morgan fingerprint density at radius 1 is 0.433 bits per heavy atom. The molecule has 3 amide bonds. The first-order valence-corrected chi connectivity index (χ1v) is 45.1. The van der Waals surface area contributed by atoms with Crippen molar-refractivity contribution in [1.29, 1.82) is 0 Å². The number of carbonyl (C=O) groups excluding carboxylic acids is 4. The highest BCUT2D eigenvalue weighted by atomic mass is 16.8. The predicted octanol–water partition coefficient (Wildman–Crippen LogP) is -3.00. The zero-order valence-electron chi connectivity index (χ0n) is 73.5. The van der Waals surface area contributed by atoms with Crippen molar-refractivity contribution in [3.8, 4) is 0 Å². The van der Waals surface area contributed by atoms with Gasteiger partial charge in [-0.05, 0) is 51.9 Å². The molecule has 0 aliphatic carbocycles. The van der Waals surface area contributed by atoms with Gasteiger partial charge in [-0.3, -0.25) is 14.4 Å². The smallest absolute Gasteiger partial charge is 0.364 e. The third kappa shape index (κ3) is 32.5. The zero-order chi connectivity index (χ0) is 93.8. The molecule has 2 unspecified atom stereocenters. The Balaban J connectivity index is 1.30. The zero-order valence-corrected chi connectivity index (χ0v) is 73.5. The van der Waals surface area contributed by atoms with Crippen molar-refractivity contribution in [2.75, 3.05) is 46.2 Å². The Hall–Kier alpha value is -4.74. The molecule has 0 aromatic rings. The molecule has 736 valence electrons. The molecule has 0 radical (unpaired) electrons. The highest BCUT2D eigenvalue weighted by molar-refractivity contribution is 5.78. The Kier molecular flexibility index (Phi) is 49.3. The quantitative estimate of drug-likeness (QED) is 0.0213. The maximum absolute atomic E-state index is 14.1. The monoisotopic (exact) mass is 1830 g/mol. The number of carbonyl (C=O) groups is 6. The summed E-state index contributed by atoms with van der Waals surface area (Å²) in [7, 11) is 0. The first kappa shape index (κ1) is 111. The minimum absolute atomic E-state index is 0.0888. The van der Waals surface area contributed by atoms with Crippen LogP contribution in [0.4, 0.5) is 0 Å². The van der Waals surface area contributed by atoms with Gasteiger partial charge in [0.25, 0.3) is 11.6 Å². The molecule has 127 heavy (non-hydrogen) atoms. The molecule has 6 fully saturated rings. The van der Waals surface area contributed by atoms with Crippen molar-refractivity contribution in [3.63, 3.8) is 0 Å². The van der Waals surface area contributed by atoms with E-state index in [0.29, 0.717) is 12.8 Å². The number of aliphatic hydroxyl groups excluding tert-OH is 19. The van der Waals surface area contributed by atoms with Gasteiger partial charge in [0.1, 0.15) is 128 Å². The molecule has 6 heterocycles. The van der Waals surface area contributed by atoms with E-state index < -0.39 is 308 Å². The highest BCUT2D eigenvalue weighted by Crippen LogP contribution is 2.44. The second kappa shape index (κ2) is 56.4. The largest absolute Gasteiger partial charge is 0.477 e. The van der Waals surface area contributed by atoms with Crippen LogP contribution in [-0.2, 0) is 85.6 Å². The Morgan fingerprint density at radius 2 is 0.819 bits per heavy atom. The lowest BCUT2D eigenvalue weighted by Crippen LogP contribution is -2.71. The molecule has 0 spiro atoms. The van der Waals surface area contributed by atoms with Crippen LogP contribution in [0.25, 0.3) is 0 Å². The summed E-state index contributed by atoms with van der Waals surface area (Å²) in [5.74, 6) is -16.1. The van der Waals surface area contributed by atoms with Crippen LogP contribution in [0.3, 0.4) is 0 Å². The number of carboxylic acid groups (broad SMARTS) is 2. The van der Waals surface area contributed by atoms with Crippen LogP contribution in [0.5, 0.6) is 0 Å². The normalized spacial score (nSPS) is 35.2. The number of Topliss-reactive ketones (excluding diaryl/α,β-unsaturated/α-hetero) is 1. The van der Waals surface area contributed by atoms with Gasteiger partial charge < -0.3 is 185 Å². The van der Waals surface area contributed by atoms with Gasteiger partial charge in [-0.15, -0.1) is 0 Å². The Bertz CT molecular complexity index is 3250. The first-order valence-electron chi connectivity index (χ1n) is 45.1. The van der Waals surface area contributed by atoms with Gasteiger partial charge in [0.15, 0.2) is 25.2 Å². The summed E-state index contributed by atoms with van der Waals surface area (Å²) in [5.41, 5.74) is 0. The molecule has 42 nitrogen and oxygen atoms in total. The van der Waals surface area contributed by atoms with Gasteiger partial charge in [-0.2, -0.15) is 0 Å². The second-order valence-corrected chi connectivity index (χ2v) is 34.2. The van der Waals surface area contributed by atoms with Crippen molar-refractivity contribution in [2.45, 2.75) is 422 Å². The summed E-state index contributed by atoms with van der Waals surface area (Å²) in [4.78, 5) is 79.7. The van der Waals surface area contributed by atoms with Crippen molar-refractivity contribution >= 4 is 35.4 Å². The number of amides is 3. The molecule has 0 saturated carbocycles. The van der Waals surface area contributed by atoms with Crippen molar-refractivity contribution in [3.05, 3.63) is 24.3 Å². The summed E-state index contributed by atoms with van der Waals surface area (Å²) in [6.07, 6.45) is -31.2. The van der Waals surface area contributed by atoms with Crippen molar-refractivity contribution in [2.24, 2.45) is 5.92 Å². The van der Waals surface area contributed by atoms with E-state index in [9.17, 15) is 136 Å². The summed E-state index contributed by atoms with van der Waals surface area (Å²) in [6, 6.07) is -4.78. The number of nitrogens with one attached hydrogen (secondary N) is 3. The van der Waals surface area contributed by atoms with Crippen LogP contribution in [0, 0.1) is 5.92 Å². The predicted molar refractivity (Wildman–Crippen MR) is 441 cm³/mol. The topological polar surface area (TPSA) is 674 Å². The number of hydrogen-bond acceptors (Lipinski definition) is 37. The second-order valence-electron chi connectivity index (χ2n) is 34.2. The molecule has 0 aromatic carbocycles. The van der Waals surface area contributed by atoms with Gasteiger partial charge in [0.05, 0.1) is 88.8 Å². The van der Waals surface area contributed by atoms with Crippen LogP contribution >= 0.6 is 0 Å².